The number of benzene rings is 1. The lowest BCUT2D eigenvalue weighted by molar-refractivity contribution is 0.237. The molecule has 1 aromatic rings. The molecule has 1 unspecified atom stereocenters. The van der Waals surface area contributed by atoms with Gasteiger partial charge in [-0.25, -0.2) is 0 Å². The van der Waals surface area contributed by atoms with Gasteiger partial charge in [0.25, 0.3) is 0 Å². The van der Waals surface area contributed by atoms with E-state index in [1.807, 2.05) is 19.1 Å². The molecule has 2 nitrogen and oxygen atoms in total. The Morgan fingerprint density at radius 2 is 1.77 bits per heavy atom. The monoisotopic (exact) mass is 179 g/mol. The van der Waals surface area contributed by atoms with Gasteiger partial charge >= 0.3 is 0 Å². The molecule has 1 aromatic carbocycles. The average Bonchev–Trinajstić information content (AvgIpc) is 2.19. The van der Waals surface area contributed by atoms with Crippen LogP contribution in [0.5, 0.6) is 0 Å². The molecule has 3 N–H and O–H groups in total. The lowest BCUT2D eigenvalue weighted by Crippen LogP contribution is -2.04. The van der Waals surface area contributed by atoms with Crippen molar-refractivity contribution in [2.75, 3.05) is 6.61 Å². The molecule has 0 aromatic heterocycles. The average molecular weight is 179 g/mol. The Kier molecular flexibility index (Phi) is 3.93. The maximum Gasteiger partial charge on any atom is 0.0459 e. The van der Waals surface area contributed by atoms with Gasteiger partial charge < -0.3 is 10.8 Å². The van der Waals surface area contributed by atoms with E-state index in [2.05, 4.69) is 12.1 Å². The summed E-state index contributed by atoms with van der Waals surface area (Å²) in [7, 11) is 0. The van der Waals surface area contributed by atoms with E-state index in [-0.39, 0.29) is 6.61 Å². The Morgan fingerprint density at radius 1 is 1.23 bits per heavy atom. The first-order valence-corrected chi connectivity index (χ1v) is 4.65. The van der Waals surface area contributed by atoms with Crippen LogP contribution in [0.1, 0.15) is 18.1 Å². The predicted molar refractivity (Wildman–Crippen MR) is 54.3 cm³/mol. The topological polar surface area (TPSA) is 46.2 Å². The summed E-state index contributed by atoms with van der Waals surface area (Å²) in [5.41, 5.74) is 7.90. The second-order valence-electron chi connectivity index (χ2n) is 3.51. The van der Waals surface area contributed by atoms with Gasteiger partial charge in [0.15, 0.2) is 0 Å². The van der Waals surface area contributed by atoms with E-state index in [1.165, 1.54) is 5.56 Å². The van der Waals surface area contributed by atoms with Crippen molar-refractivity contribution >= 4 is 0 Å². The Morgan fingerprint density at radius 3 is 2.23 bits per heavy atom. The van der Waals surface area contributed by atoms with Crippen LogP contribution in [-0.4, -0.2) is 11.7 Å². The highest BCUT2D eigenvalue weighted by Gasteiger charge is 2.01. The number of nitrogens with two attached hydrogens (primary N) is 1. The molecule has 0 radical (unpaired) electrons. The van der Waals surface area contributed by atoms with Crippen molar-refractivity contribution in [2.45, 2.75) is 19.9 Å². The van der Waals surface area contributed by atoms with Crippen molar-refractivity contribution < 1.29 is 5.11 Å². The molecule has 0 spiro atoms. The van der Waals surface area contributed by atoms with Gasteiger partial charge in [0.2, 0.25) is 0 Å². The molecule has 0 aliphatic rings. The fraction of sp³-hybridized carbons (Fsp3) is 0.455. The van der Waals surface area contributed by atoms with Crippen molar-refractivity contribution in [3.8, 4) is 0 Å². The quantitative estimate of drug-likeness (QED) is 0.732. The normalized spacial score (nSPS) is 12.8. The number of hydrogen-bond acceptors (Lipinski definition) is 2. The fourth-order valence-corrected chi connectivity index (χ4v) is 1.28. The zero-order chi connectivity index (χ0) is 9.68. The second-order valence-corrected chi connectivity index (χ2v) is 3.51. The zero-order valence-electron chi connectivity index (χ0n) is 8.03. The van der Waals surface area contributed by atoms with Crippen molar-refractivity contribution in [3.63, 3.8) is 0 Å². The summed E-state index contributed by atoms with van der Waals surface area (Å²) in [5.74, 6) is 0.337. The predicted octanol–water partition coefficient (Wildman–Crippen LogP) is 1.32. The third kappa shape index (κ3) is 3.17. The van der Waals surface area contributed by atoms with Crippen LogP contribution in [0, 0.1) is 5.92 Å². The molecule has 0 aliphatic carbocycles. The van der Waals surface area contributed by atoms with E-state index in [9.17, 15) is 0 Å². The van der Waals surface area contributed by atoms with Crippen LogP contribution in [0.15, 0.2) is 24.3 Å². The lowest BCUT2D eigenvalue weighted by Gasteiger charge is -2.07. The molecular formula is C11H17NO. The minimum Gasteiger partial charge on any atom is -0.396 e. The van der Waals surface area contributed by atoms with Gasteiger partial charge in [-0.05, 0) is 23.5 Å². The largest absolute Gasteiger partial charge is 0.396 e. The first-order valence-electron chi connectivity index (χ1n) is 4.65. The van der Waals surface area contributed by atoms with Crippen molar-refractivity contribution in [1.82, 2.24) is 0 Å². The van der Waals surface area contributed by atoms with Crippen LogP contribution in [0.4, 0.5) is 0 Å². The van der Waals surface area contributed by atoms with Crippen LogP contribution in [-0.2, 0) is 13.0 Å². The van der Waals surface area contributed by atoms with E-state index < -0.39 is 0 Å². The number of aliphatic hydroxyl groups excluding tert-OH is 1. The van der Waals surface area contributed by atoms with Gasteiger partial charge in [0, 0.05) is 13.2 Å². The summed E-state index contributed by atoms with van der Waals surface area (Å²) in [6.45, 7) is 2.88. The maximum absolute atomic E-state index is 8.88. The minimum absolute atomic E-state index is 0.249. The molecule has 72 valence electrons. The summed E-state index contributed by atoms with van der Waals surface area (Å²) < 4.78 is 0. The fourth-order valence-electron chi connectivity index (χ4n) is 1.28. The van der Waals surface area contributed by atoms with Gasteiger partial charge in [-0.2, -0.15) is 0 Å². The second kappa shape index (κ2) is 5.00. The Hall–Kier alpha value is -0.860. The van der Waals surface area contributed by atoms with Crippen LogP contribution in [0.3, 0.4) is 0 Å². The Labute approximate surface area is 79.4 Å². The van der Waals surface area contributed by atoms with E-state index in [1.54, 1.807) is 0 Å². The smallest absolute Gasteiger partial charge is 0.0459 e. The molecule has 0 aliphatic heterocycles. The zero-order valence-corrected chi connectivity index (χ0v) is 8.03. The maximum atomic E-state index is 8.88. The number of rotatable bonds is 4. The van der Waals surface area contributed by atoms with E-state index in [0.717, 1.165) is 12.0 Å². The van der Waals surface area contributed by atoms with Gasteiger partial charge in [0.1, 0.15) is 0 Å². The molecule has 0 saturated carbocycles. The van der Waals surface area contributed by atoms with Crippen molar-refractivity contribution in [3.05, 3.63) is 35.4 Å². The van der Waals surface area contributed by atoms with E-state index in [0.29, 0.717) is 12.5 Å². The molecular weight excluding hydrogens is 162 g/mol. The Bertz CT molecular complexity index is 243. The molecule has 1 atom stereocenters. The third-order valence-corrected chi connectivity index (χ3v) is 2.15. The van der Waals surface area contributed by atoms with Crippen LogP contribution in [0.25, 0.3) is 0 Å². The summed E-state index contributed by atoms with van der Waals surface area (Å²) >= 11 is 0. The number of hydrogen-bond donors (Lipinski definition) is 2. The first kappa shape index (κ1) is 10.2. The van der Waals surface area contributed by atoms with Gasteiger partial charge in [-0.15, -0.1) is 0 Å². The SMILES string of the molecule is CC(CO)Cc1ccc(CN)cc1. The van der Waals surface area contributed by atoms with E-state index >= 15 is 0 Å². The summed E-state index contributed by atoms with van der Waals surface area (Å²) in [4.78, 5) is 0. The van der Waals surface area contributed by atoms with Crippen molar-refractivity contribution in [2.24, 2.45) is 11.7 Å². The van der Waals surface area contributed by atoms with Crippen molar-refractivity contribution in [1.29, 1.82) is 0 Å². The highest BCUT2D eigenvalue weighted by Crippen LogP contribution is 2.09. The molecule has 0 fully saturated rings. The molecule has 0 bridgehead atoms. The summed E-state index contributed by atoms with van der Waals surface area (Å²) in [5, 5.41) is 8.88. The summed E-state index contributed by atoms with van der Waals surface area (Å²) in [6, 6.07) is 8.24. The molecule has 0 saturated heterocycles. The minimum atomic E-state index is 0.249. The molecule has 0 amide bonds. The highest BCUT2D eigenvalue weighted by atomic mass is 16.3. The number of aliphatic hydroxyl groups is 1. The van der Waals surface area contributed by atoms with Crippen LogP contribution >= 0.6 is 0 Å². The standard InChI is InChI=1S/C11H17NO/c1-9(8-13)6-10-2-4-11(7-12)5-3-10/h2-5,9,13H,6-8,12H2,1H3. The molecule has 13 heavy (non-hydrogen) atoms. The van der Waals surface area contributed by atoms with Gasteiger partial charge in [-0.1, -0.05) is 31.2 Å². The first-order chi connectivity index (χ1) is 6.26. The van der Waals surface area contributed by atoms with Crippen LogP contribution < -0.4 is 5.73 Å². The third-order valence-electron chi connectivity index (χ3n) is 2.15. The highest BCUT2D eigenvalue weighted by molar-refractivity contribution is 5.22. The van der Waals surface area contributed by atoms with Crippen LogP contribution in [0.2, 0.25) is 0 Å². The van der Waals surface area contributed by atoms with E-state index in [4.69, 9.17) is 10.8 Å². The molecule has 0 heterocycles. The lowest BCUT2D eigenvalue weighted by atomic mass is 10.0. The Balaban J connectivity index is 2.58. The molecule has 2 heteroatoms. The van der Waals surface area contributed by atoms with Gasteiger partial charge in [-0.3, -0.25) is 0 Å². The molecule has 1 rings (SSSR count). The summed E-state index contributed by atoms with van der Waals surface area (Å²) in [6.07, 6.45) is 0.932. The van der Waals surface area contributed by atoms with Gasteiger partial charge in [0.05, 0.1) is 0 Å².